The molecule has 7 nitrogen and oxygen atoms in total. The molecule has 1 fully saturated rings. The number of aliphatic hydroxyl groups is 1. The van der Waals surface area contributed by atoms with Crippen LogP contribution in [-0.4, -0.2) is 44.2 Å². The summed E-state index contributed by atoms with van der Waals surface area (Å²) in [5.74, 6) is -0.689. The van der Waals surface area contributed by atoms with Crippen molar-refractivity contribution in [1.29, 1.82) is 0 Å². The van der Waals surface area contributed by atoms with Crippen molar-refractivity contribution >= 4 is 77.0 Å². The average Bonchev–Trinajstić information content (AvgIpc) is 3.36. The molecule has 1 saturated heterocycles. The first-order valence-corrected chi connectivity index (χ1v) is 27.1. The Bertz CT molecular complexity index is 2390. The maximum absolute atomic E-state index is 11.4. The van der Waals surface area contributed by atoms with Gasteiger partial charge in [0.2, 0.25) is 0 Å². The first kappa shape index (κ1) is 50.4. The zero-order chi connectivity index (χ0) is 45.8. The zero-order valence-electron chi connectivity index (χ0n) is 37.2. The van der Waals surface area contributed by atoms with Gasteiger partial charge in [0.15, 0.2) is 0 Å². The Kier molecular flexibility index (Phi) is 20.3. The Balaban J connectivity index is 0.000000203. The number of aliphatic hydroxyl groups excluding tert-OH is 1. The Morgan fingerprint density at radius 2 is 1.14 bits per heavy atom. The van der Waals surface area contributed by atoms with Gasteiger partial charge in [-0.25, -0.2) is 0 Å². The molecule has 6 aromatic rings. The van der Waals surface area contributed by atoms with E-state index in [0.717, 1.165) is 63.8 Å². The van der Waals surface area contributed by atoms with Gasteiger partial charge in [-0.3, -0.25) is 9.85 Å². The second-order valence-corrected chi connectivity index (χ2v) is 23.6. The third-order valence-corrected chi connectivity index (χ3v) is 19.0. The number of nitrogens with zero attached hydrogens (tertiary/aromatic N) is 1. The van der Waals surface area contributed by atoms with Gasteiger partial charge in [0.1, 0.15) is 12.5 Å². The molecule has 0 radical (unpaired) electrons. The molecule has 6 aromatic carbocycles. The third kappa shape index (κ3) is 14.0. The van der Waals surface area contributed by atoms with E-state index in [9.17, 15) is 9.90 Å². The Morgan fingerprint density at radius 1 is 0.688 bits per heavy atom. The molecule has 1 aliphatic heterocycles. The SMILES string of the molecule is C/C=C/OB1OCCCO1.Cc1ccccc1C(NP(=S)(c1ccccc1)c1ccccc1)C(C)C(O)C(C)C=O.Cc1ccccc1C=NP(=S)(c1ccccc1)c1ccccc1. The average molecular weight is 929 g/mol. The molecule has 0 saturated carbocycles. The highest BCUT2D eigenvalue weighted by atomic mass is 32.4. The van der Waals surface area contributed by atoms with E-state index in [1.165, 1.54) is 5.56 Å². The lowest BCUT2D eigenvalue weighted by atomic mass is 9.84. The number of aryl methyl sites for hydroxylation is 2. The number of hydrogen-bond donors (Lipinski definition) is 2. The molecule has 7 rings (SSSR count). The monoisotopic (exact) mass is 928 g/mol. The topological polar surface area (TPSA) is 89.4 Å². The van der Waals surface area contributed by atoms with Gasteiger partial charge in [0, 0.05) is 58.5 Å². The molecule has 4 atom stereocenters. The summed E-state index contributed by atoms with van der Waals surface area (Å²) in [6.07, 6.45) is 1.67. The minimum Gasteiger partial charge on any atom is -0.518 e. The first-order chi connectivity index (χ1) is 31.0. The predicted octanol–water partition coefficient (Wildman–Crippen LogP) is 9.92. The van der Waals surface area contributed by atoms with Crippen LogP contribution < -0.4 is 26.3 Å². The summed E-state index contributed by atoms with van der Waals surface area (Å²) in [5, 5.41) is 19.2. The summed E-state index contributed by atoms with van der Waals surface area (Å²) >= 11 is 12.5. The van der Waals surface area contributed by atoms with Gasteiger partial charge in [-0.2, -0.15) is 0 Å². The highest BCUT2D eigenvalue weighted by Crippen LogP contribution is 2.46. The van der Waals surface area contributed by atoms with E-state index in [4.69, 9.17) is 42.3 Å². The molecule has 4 unspecified atom stereocenters. The van der Waals surface area contributed by atoms with Crippen molar-refractivity contribution in [3.8, 4) is 0 Å². The largest absolute Gasteiger partial charge is 0.712 e. The van der Waals surface area contributed by atoms with E-state index in [0.29, 0.717) is 0 Å². The number of hydrogen-bond acceptors (Lipinski definition) is 7. The molecule has 1 aliphatic rings. The molecule has 2 N–H and O–H groups in total. The van der Waals surface area contributed by atoms with Crippen molar-refractivity contribution in [2.45, 2.75) is 53.2 Å². The van der Waals surface area contributed by atoms with Crippen LogP contribution in [0, 0.1) is 25.7 Å². The quantitative estimate of drug-likeness (QED) is 0.0346. The summed E-state index contributed by atoms with van der Waals surface area (Å²) in [7, 11) is -0.482. The molecule has 64 heavy (non-hydrogen) atoms. The molecule has 12 heteroatoms. The van der Waals surface area contributed by atoms with Crippen molar-refractivity contribution in [1.82, 2.24) is 5.09 Å². The number of aldehydes is 1. The van der Waals surface area contributed by atoms with Crippen molar-refractivity contribution in [3.05, 3.63) is 204 Å². The number of carbonyl (C=O) groups excluding carboxylic acids is 1. The summed E-state index contributed by atoms with van der Waals surface area (Å²) in [6.45, 7) is 11.2. The van der Waals surface area contributed by atoms with Crippen LogP contribution in [0.1, 0.15) is 55.5 Å². The zero-order valence-corrected chi connectivity index (χ0v) is 40.6. The van der Waals surface area contributed by atoms with Gasteiger partial charge in [0.25, 0.3) is 0 Å². The third-order valence-electron chi connectivity index (χ3n) is 10.8. The van der Waals surface area contributed by atoms with Gasteiger partial charge < -0.3 is 23.9 Å². The van der Waals surface area contributed by atoms with Crippen LogP contribution in [0.15, 0.2) is 187 Å². The van der Waals surface area contributed by atoms with E-state index in [2.05, 4.69) is 91.7 Å². The van der Waals surface area contributed by atoms with E-state index >= 15 is 0 Å². The van der Waals surface area contributed by atoms with Crippen LogP contribution in [0.25, 0.3) is 0 Å². The first-order valence-electron chi connectivity index (χ1n) is 21.5. The van der Waals surface area contributed by atoms with Crippen LogP contribution in [0.4, 0.5) is 0 Å². The van der Waals surface area contributed by atoms with E-state index in [1.807, 2.05) is 117 Å². The number of benzene rings is 6. The normalized spacial score (nSPS) is 14.9. The van der Waals surface area contributed by atoms with Crippen LogP contribution in [0.5, 0.6) is 0 Å². The molecule has 0 amide bonds. The number of carbonyl (C=O) groups is 1. The van der Waals surface area contributed by atoms with E-state index in [-0.39, 0.29) is 12.0 Å². The van der Waals surface area contributed by atoms with Crippen molar-refractivity contribution < 1.29 is 23.9 Å². The predicted molar refractivity (Wildman–Crippen MR) is 277 cm³/mol. The Morgan fingerprint density at radius 3 is 1.61 bits per heavy atom. The molecule has 1 heterocycles. The summed E-state index contributed by atoms with van der Waals surface area (Å²) < 4.78 is 20.1. The highest BCUT2D eigenvalue weighted by molar-refractivity contribution is 8.21. The van der Waals surface area contributed by atoms with Gasteiger partial charge in [-0.1, -0.05) is 213 Å². The van der Waals surface area contributed by atoms with Gasteiger partial charge in [-0.05, 0) is 49.4 Å². The fourth-order valence-corrected chi connectivity index (χ4v) is 13.5. The van der Waals surface area contributed by atoms with Crippen molar-refractivity contribution in [3.63, 3.8) is 0 Å². The minimum absolute atomic E-state index is 0.218. The smallest absolute Gasteiger partial charge is 0.518 e. The summed E-state index contributed by atoms with van der Waals surface area (Å²) in [5.41, 5.74) is 4.54. The minimum atomic E-state index is -2.41. The van der Waals surface area contributed by atoms with Gasteiger partial charge in [0.05, 0.1) is 18.6 Å². The summed E-state index contributed by atoms with van der Waals surface area (Å²) in [6, 6.07) is 57.0. The molecular weight excluding hydrogens is 869 g/mol. The number of allylic oxidation sites excluding steroid dienone is 1. The number of rotatable bonds is 15. The van der Waals surface area contributed by atoms with E-state index in [1.54, 1.807) is 19.3 Å². The Hall–Kier alpha value is -4.60. The van der Waals surface area contributed by atoms with Crippen LogP contribution in [-0.2, 0) is 42.4 Å². The standard InChI is InChI=1S/C26H30NO2PS.C20H18NPS.C6H11BO3/c1-19-12-10-11-17-24(19)25(21(3)26(29)20(2)18-28)27-30(31,22-13-6-4-7-14-22)23-15-8-5-9-16-23;1-17-10-8-9-11-18(17)16-21-22(23,19-12-4-2-5-13-19)20-14-6-3-7-15-20;1-2-4-8-7-9-5-3-6-10-7/h4-18,20-21,25-26,29H,1-3H3,(H,27,31);2-16H,1H3;2,4H,3,5-6H2,1H3/b;;4-2+. The maximum Gasteiger partial charge on any atom is 0.712 e. The van der Waals surface area contributed by atoms with Gasteiger partial charge in [-0.15, -0.1) is 0 Å². The van der Waals surface area contributed by atoms with Gasteiger partial charge >= 0.3 is 7.32 Å². The molecule has 0 bridgehead atoms. The summed E-state index contributed by atoms with van der Waals surface area (Å²) in [4.78, 5) is 11.4. The highest BCUT2D eigenvalue weighted by Gasteiger charge is 2.35. The molecule has 0 spiro atoms. The molecule has 0 aromatic heterocycles. The second kappa shape index (κ2) is 25.8. The van der Waals surface area contributed by atoms with E-state index < -0.39 is 31.7 Å². The maximum atomic E-state index is 11.4. The lowest BCUT2D eigenvalue weighted by molar-refractivity contribution is -0.114. The molecular formula is C52H59BN2O5P2S2. The molecule has 332 valence electrons. The fourth-order valence-electron chi connectivity index (χ4n) is 7.04. The fraction of sp³-hybridized carbons (Fsp3) is 0.231. The number of nitrogens with one attached hydrogen (secondary N) is 1. The lowest BCUT2D eigenvalue weighted by Gasteiger charge is -2.37. The van der Waals surface area contributed by atoms with Crippen molar-refractivity contribution in [2.75, 3.05) is 13.2 Å². The van der Waals surface area contributed by atoms with Crippen LogP contribution >= 0.6 is 12.4 Å². The second-order valence-electron chi connectivity index (χ2n) is 15.4. The lowest BCUT2D eigenvalue weighted by Crippen LogP contribution is -2.39. The Labute approximate surface area is 391 Å². The molecule has 0 aliphatic carbocycles. The van der Waals surface area contributed by atoms with Crippen LogP contribution in [0.3, 0.4) is 0 Å². The van der Waals surface area contributed by atoms with Crippen molar-refractivity contribution in [2.24, 2.45) is 16.6 Å². The van der Waals surface area contributed by atoms with Crippen LogP contribution in [0.2, 0.25) is 0 Å².